The van der Waals surface area contributed by atoms with Gasteiger partial charge in [0.15, 0.2) is 0 Å². The Bertz CT molecular complexity index is 569. The predicted octanol–water partition coefficient (Wildman–Crippen LogP) is 1.86. The van der Waals surface area contributed by atoms with Crippen molar-refractivity contribution < 1.29 is 14.3 Å². The molecule has 0 radical (unpaired) electrons. The van der Waals surface area contributed by atoms with Crippen LogP contribution in [0.1, 0.15) is 25.8 Å². The molecule has 0 saturated heterocycles. The standard InChI is InChI=1S/C18H26N2O3/c1-12(2)9-15(18(22)20(3)4)19-17(21)14-10-13-7-5-6-8-16(13)23-11-14/h5-8,12,14-15H,9-11H2,1-4H3,(H,19,21)/t14-,15-/m1/s1. The fourth-order valence-electron chi connectivity index (χ4n) is 2.79. The van der Waals surface area contributed by atoms with Crippen molar-refractivity contribution in [1.29, 1.82) is 0 Å². The Morgan fingerprint density at radius 1 is 1.30 bits per heavy atom. The number of benzene rings is 1. The lowest BCUT2D eigenvalue weighted by molar-refractivity contribution is -0.136. The number of para-hydroxylation sites is 1. The van der Waals surface area contributed by atoms with Gasteiger partial charge in [0.05, 0.1) is 5.92 Å². The molecule has 5 nitrogen and oxygen atoms in total. The zero-order valence-corrected chi connectivity index (χ0v) is 14.3. The zero-order valence-electron chi connectivity index (χ0n) is 14.3. The summed E-state index contributed by atoms with van der Waals surface area (Å²) in [5.74, 6) is 0.742. The van der Waals surface area contributed by atoms with Crippen LogP contribution in [-0.4, -0.2) is 43.5 Å². The Morgan fingerprint density at radius 3 is 2.65 bits per heavy atom. The fourth-order valence-corrected chi connectivity index (χ4v) is 2.79. The van der Waals surface area contributed by atoms with Gasteiger partial charge >= 0.3 is 0 Å². The van der Waals surface area contributed by atoms with E-state index in [4.69, 9.17) is 4.74 Å². The first kappa shape index (κ1) is 17.3. The summed E-state index contributed by atoms with van der Waals surface area (Å²) in [6.45, 7) is 4.44. The van der Waals surface area contributed by atoms with Gasteiger partial charge in [0.2, 0.25) is 11.8 Å². The van der Waals surface area contributed by atoms with E-state index in [1.807, 2.05) is 38.1 Å². The van der Waals surface area contributed by atoms with Gasteiger partial charge in [-0.15, -0.1) is 0 Å². The maximum atomic E-state index is 12.6. The lowest BCUT2D eigenvalue weighted by atomic mass is 9.95. The molecule has 5 heteroatoms. The number of hydrogen-bond donors (Lipinski definition) is 1. The quantitative estimate of drug-likeness (QED) is 0.901. The molecule has 2 atom stereocenters. The molecule has 1 heterocycles. The van der Waals surface area contributed by atoms with Crippen molar-refractivity contribution in [3.8, 4) is 5.75 Å². The van der Waals surface area contributed by atoms with E-state index in [9.17, 15) is 9.59 Å². The number of nitrogens with zero attached hydrogens (tertiary/aromatic N) is 1. The molecular formula is C18H26N2O3. The average Bonchev–Trinajstić information content (AvgIpc) is 2.52. The van der Waals surface area contributed by atoms with Gasteiger partial charge in [0.1, 0.15) is 18.4 Å². The number of fused-ring (bicyclic) bond motifs is 1. The minimum atomic E-state index is -0.477. The van der Waals surface area contributed by atoms with E-state index < -0.39 is 6.04 Å². The van der Waals surface area contributed by atoms with Crippen molar-refractivity contribution in [3.05, 3.63) is 29.8 Å². The summed E-state index contributed by atoms with van der Waals surface area (Å²) < 4.78 is 5.67. The minimum absolute atomic E-state index is 0.0656. The summed E-state index contributed by atoms with van der Waals surface area (Å²) in [6.07, 6.45) is 1.28. The number of likely N-dealkylation sites (N-methyl/N-ethyl adjacent to an activating group) is 1. The predicted molar refractivity (Wildman–Crippen MR) is 89.2 cm³/mol. The van der Waals surface area contributed by atoms with Crippen LogP contribution in [-0.2, 0) is 16.0 Å². The van der Waals surface area contributed by atoms with Gasteiger partial charge in [-0.05, 0) is 30.4 Å². The van der Waals surface area contributed by atoms with E-state index in [-0.39, 0.29) is 17.7 Å². The molecule has 0 aliphatic carbocycles. The molecule has 2 rings (SSSR count). The van der Waals surface area contributed by atoms with Crippen LogP contribution >= 0.6 is 0 Å². The largest absolute Gasteiger partial charge is 0.492 e. The van der Waals surface area contributed by atoms with Gasteiger partial charge in [-0.1, -0.05) is 32.0 Å². The lowest BCUT2D eigenvalue weighted by Gasteiger charge is -2.28. The summed E-state index contributed by atoms with van der Waals surface area (Å²) in [5.41, 5.74) is 1.04. The SMILES string of the molecule is CC(C)C[C@@H](NC(=O)[C@H]1COc2ccccc2C1)C(=O)N(C)C. The highest BCUT2D eigenvalue weighted by Crippen LogP contribution is 2.27. The second-order valence-electron chi connectivity index (χ2n) is 6.74. The molecule has 1 aliphatic rings. The Balaban J connectivity index is 2.03. The van der Waals surface area contributed by atoms with Crippen molar-refractivity contribution in [2.24, 2.45) is 11.8 Å². The molecule has 0 spiro atoms. The lowest BCUT2D eigenvalue weighted by Crippen LogP contribution is -2.50. The van der Waals surface area contributed by atoms with Crippen LogP contribution in [0.15, 0.2) is 24.3 Å². The number of rotatable bonds is 5. The van der Waals surface area contributed by atoms with Crippen LogP contribution in [0.25, 0.3) is 0 Å². The first-order chi connectivity index (χ1) is 10.9. The molecule has 0 fully saturated rings. The highest BCUT2D eigenvalue weighted by molar-refractivity contribution is 5.88. The Kier molecular flexibility index (Phi) is 5.64. The summed E-state index contributed by atoms with van der Waals surface area (Å²) in [5, 5.41) is 2.92. The number of nitrogens with one attached hydrogen (secondary N) is 1. The van der Waals surface area contributed by atoms with E-state index in [2.05, 4.69) is 5.32 Å². The number of ether oxygens (including phenoxy) is 1. The average molecular weight is 318 g/mol. The number of hydrogen-bond acceptors (Lipinski definition) is 3. The van der Waals surface area contributed by atoms with Crippen molar-refractivity contribution in [2.75, 3.05) is 20.7 Å². The molecule has 0 aromatic heterocycles. The second-order valence-corrected chi connectivity index (χ2v) is 6.74. The monoisotopic (exact) mass is 318 g/mol. The van der Waals surface area contributed by atoms with Crippen molar-refractivity contribution >= 4 is 11.8 Å². The molecule has 2 amide bonds. The fraction of sp³-hybridized carbons (Fsp3) is 0.556. The smallest absolute Gasteiger partial charge is 0.244 e. The highest BCUT2D eigenvalue weighted by atomic mass is 16.5. The van der Waals surface area contributed by atoms with Crippen molar-refractivity contribution in [3.63, 3.8) is 0 Å². The maximum absolute atomic E-state index is 12.6. The summed E-state index contributed by atoms with van der Waals surface area (Å²) in [7, 11) is 3.42. The van der Waals surface area contributed by atoms with E-state index in [0.717, 1.165) is 11.3 Å². The molecule has 1 aromatic rings. The third kappa shape index (κ3) is 4.47. The van der Waals surface area contributed by atoms with Crippen molar-refractivity contribution in [2.45, 2.75) is 32.7 Å². The molecular weight excluding hydrogens is 292 g/mol. The van der Waals surface area contributed by atoms with Gasteiger partial charge in [-0.3, -0.25) is 9.59 Å². The third-order valence-electron chi connectivity index (χ3n) is 4.01. The third-order valence-corrected chi connectivity index (χ3v) is 4.01. The van der Waals surface area contributed by atoms with Gasteiger partial charge in [0, 0.05) is 14.1 Å². The number of amides is 2. The van der Waals surface area contributed by atoms with E-state index in [1.54, 1.807) is 14.1 Å². The number of carbonyl (C=O) groups is 2. The first-order valence-corrected chi connectivity index (χ1v) is 8.10. The van der Waals surface area contributed by atoms with Crippen LogP contribution in [0.2, 0.25) is 0 Å². The van der Waals surface area contributed by atoms with E-state index in [0.29, 0.717) is 25.4 Å². The highest BCUT2D eigenvalue weighted by Gasteiger charge is 2.30. The van der Waals surface area contributed by atoms with Gasteiger partial charge in [0.25, 0.3) is 0 Å². The van der Waals surface area contributed by atoms with Gasteiger partial charge < -0.3 is 15.0 Å². The van der Waals surface area contributed by atoms with Crippen LogP contribution in [0.5, 0.6) is 5.75 Å². The summed E-state index contributed by atoms with van der Waals surface area (Å²) in [6, 6.07) is 7.29. The topological polar surface area (TPSA) is 58.6 Å². The molecule has 1 N–H and O–H groups in total. The van der Waals surface area contributed by atoms with Crippen LogP contribution in [0, 0.1) is 11.8 Å². The van der Waals surface area contributed by atoms with E-state index >= 15 is 0 Å². The Labute approximate surface area is 138 Å². The normalized spacial score (nSPS) is 17.9. The molecule has 0 unspecified atom stereocenters. The molecule has 0 bridgehead atoms. The van der Waals surface area contributed by atoms with Gasteiger partial charge in [-0.25, -0.2) is 0 Å². The molecule has 1 aromatic carbocycles. The van der Waals surface area contributed by atoms with Crippen molar-refractivity contribution in [1.82, 2.24) is 10.2 Å². The molecule has 126 valence electrons. The zero-order chi connectivity index (χ0) is 17.0. The minimum Gasteiger partial charge on any atom is -0.492 e. The van der Waals surface area contributed by atoms with Crippen LogP contribution in [0.3, 0.4) is 0 Å². The second kappa shape index (κ2) is 7.49. The maximum Gasteiger partial charge on any atom is 0.244 e. The number of carbonyl (C=O) groups excluding carboxylic acids is 2. The first-order valence-electron chi connectivity index (χ1n) is 8.10. The molecule has 1 aliphatic heterocycles. The summed E-state index contributed by atoms with van der Waals surface area (Å²) in [4.78, 5) is 26.4. The molecule has 23 heavy (non-hydrogen) atoms. The Morgan fingerprint density at radius 2 is 2.00 bits per heavy atom. The molecule has 0 saturated carbocycles. The van der Waals surface area contributed by atoms with E-state index in [1.165, 1.54) is 4.90 Å². The van der Waals surface area contributed by atoms with Crippen LogP contribution < -0.4 is 10.1 Å². The van der Waals surface area contributed by atoms with Gasteiger partial charge in [-0.2, -0.15) is 0 Å². The Hall–Kier alpha value is -2.04. The summed E-state index contributed by atoms with van der Waals surface area (Å²) >= 11 is 0. The van der Waals surface area contributed by atoms with Crippen LogP contribution in [0.4, 0.5) is 0 Å².